The molecule has 6 heterocycles. The maximum absolute atomic E-state index is 14.5. The number of hydrogen-bond acceptors (Lipinski definition) is 9. The van der Waals surface area contributed by atoms with Crippen molar-refractivity contribution in [2.75, 3.05) is 52.5 Å². The molecule has 0 unspecified atom stereocenters. The van der Waals surface area contributed by atoms with Crippen molar-refractivity contribution >= 4 is 35.0 Å². The van der Waals surface area contributed by atoms with Crippen LogP contribution in [0.15, 0.2) is 0 Å². The van der Waals surface area contributed by atoms with E-state index in [1.165, 1.54) is 16.2 Å². The van der Waals surface area contributed by atoms with Crippen molar-refractivity contribution in [2.45, 2.75) is 110 Å². The van der Waals surface area contributed by atoms with E-state index in [0.29, 0.717) is 36.9 Å². The second kappa shape index (κ2) is 14.0. The van der Waals surface area contributed by atoms with Crippen molar-refractivity contribution in [1.82, 2.24) is 25.0 Å². The van der Waals surface area contributed by atoms with Crippen LogP contribution in [0.25, 0.3) is 0 Å². The lowest BCUT2D eigenvalue weighted by atomic mass is 9.70. The van der Waals surface area contributed by atoms with E-state index in [2.05, 4.69) is 28.9 Å². The quantitative estimate of drug-likeness (QED) is 0.377. The highest BCUT2D eigenvalue weighted by Gasteiger charge is 2.62. The van der Waals surface area contributed by atoms with E-state index in [1.807, 2.05) is 6.92 Å². The Kier molecular flexibility index (Phi) is 10.2. The summed E-state index contributed by atoms with van der Waals surface area (Å²) in [7, 11) is 0. The highest BCUT2D eigenvalue weighted by molar-refractivity contribution is 7.13. The number of aryl methyl sites for hydroxylation is 2. The topological polar surface area (TPSA) is 131 Å². The van der Waals surface area contributed by atoms with Gasteiger partial charge >= 0.3 is 6.36 Å². The van der Waals surface area contributed by atoms with Gasteiger partial charge in [-0.05, 0) is 71.1 Å². The van der Waals surface area contributed by atoms with Gasteiger partial charge < -0.3 is 29.5 Å². The summed E-state index contributed by atoms with van der Waals surface area (Å²) in [5, 5.41) is 3.78. The molecule has 4 atom stereocenters. The van der Waals surface area contributed by atoms with Gasteiger partial charge in [-0.25, -0.2) is 4.98 Å². The summed E-state index contributed by atoms with van der Waals surface area (Å²) in [6.45, 7) is 11.5. The number of piperidine rings is 1. The molecule has 1 aromatic rings. The SMILES string of the molecule is Cc1nc(C)c(C(=O)N2C[C@@H](C(=O)N[C@H](C(=O)N3CCC(OC(F)(F)F)CC3)[C@@H](C)OCC34CCC(CC3)OC4)C3(C2)CN(C(=O)[C@H]2CC2(C)C)C3)s1. The first-order valence-electron chi connectivity index (χ1n) is 19.0. The Morgan fingerprint density at radius 2 is 1.64 bits per heavy atom. The minimum absolute atomic E-state index is 0.00368. The molecule has 5 aliphatic heterocycles. The second-order valence-electron chi connectivity index (χ2n) is 17.3. The molecule has 7 aliphatic rings. The molecule has 7 fully saturated rings. The number of nitrogens with one attached hydrogen (secondary N) is 1. The smallest absolute Gasteiger partial charge is 0.378 e. The van der Waals surface area contributed by atoms with Gasteiger partial charge in [-0.3, -0.25) is 23.9 Å². The van der Waals surface area contributed by atoms with E-state index < -0.39 is 47.8 Å². The molecule has 2 bridgehead atoms. The van der Waals surface area contributed by atoms with Gasteiger partial charge in [0.1, 0.15) is 10.9 Å². The van der Waals surface area contributed by atoms with E-state index in [0.717, 1.165) is 37.1 Å². The molecular weight excluding hydrogens is 715 g/mol. The molecule has 5 saturated heterocycles. The van der Waals surface area contributed by atoms with Crippen molar-refractivity contribution in [1.29, 1.82) is 0 Å². The minimum atomic E-state index is -4.77. The van der Waals surface area contributed by atoms with Crippen molar-refractivity contribution < 1.29 is 46.6 Å². The molecule has 1 spiro atoms. The Balaban J connectivity index is 1.10. The van der Waals surface area contributed by atoms with Gasteiger partial charge in [0.05, 0.1) is 48.1 Å². The number of thiazole rings is 1. The first-order valence-corrected chi connectivity index (χ1v) is 19.8. The van der Waals surface area contributed by atoms with Gasteiger partial charge in [-0.1, -0.05) is 13.8 Å². The average molecular weight is 768 g/mol. The van der Waals surface area contributed by atoms with E-state index in [9.17, 15) is 32.3 Å². The molecule has 0 aromatic carbocycles. The first-order chi connectivity index (χ1) is 24.9. The molecular formula is C37H52F3N5O7S. The van der Waals surface area contributed by atoms with E-state index in [1.54, 1.807) is 23.6 Å². The van der Waals surface area contributed by atoms with Crippen LogP contribution in [-0.2, 0) is 28.6 Å². The van der Waals surface area contributed by atoms with Crippen LogP contribution in [0.5, 0.6) is 0 Å². The van der Waals surface area contributed by atoms with Crippen LogP contribution in [0.3, 0.4) is 0 Å². The molecule has 2 saturated carbocycles. The second-order valence-corrected chi connectivity index (χ2v) is 18.5. The van der Waals surface area contributed by atoms with Gasteiger partial charge in [0.25, 0.3) is 5.91 Å². The summed E-state index contributed by atoms with van der Waals surface area (Å²) in [6, 6.07) is -1.13. The number of rotatable bonds is 10. The first kappa shape index (κ1) is 38.5. The third-order valence-corrected chi connectivity index (χ3v) is 13.9. The Bertz CT molecular complexity index is 1580. The standard InChI is InChI=1S/C37H52F3N5O7S/c1-21-29(53-23(3)41-21)33(49)44-15-27(36(16-44)17-45(18-36)31(47)26-14-34(26,4)5)30(46)42-28(22(2)50-19-35-10-6-24(7-11-35)51-20-35)32(48)43-12-8-25(9-13-43)52-37(38,39)40/h22,24-28H,6-20H2,1-5H3,(H,42,46)/t22-,24?,26-,27+,28+,35?/m1/s1. The van der Waals surface area contributed by atoms with E-state index in [4.69, 9.17) is 9.47 Å². The largest absolute Gasteiger partial charge is 0.522 e. The third kappa shape index (κ3) is 7.84. The molecule has 2 aliphatic carbocycles. The van der Waals surface area contributed by atoms with Crippen LogP contribution in [0.2, 0.25) is 0 Å². The predicted molar refractivity (Wildman–Crippen MR) is 187 cm³/mol. The van der Waals surface area contributed by atoms with Crippen LogP contribution < -0.4 is 5.32 Å². The minimum Gasteiger partial charge on any atom is -0.378 e. The van der Waals surface area contributed by atoms with Gasteiger partial charge in [-0.2, -0.15) is 0 Å². The van der Waals surface area contributed by atoms with Gasteiger partial charge in [0, 0.05) is 56.0 Å². The summed E-state index contributed by atoms with van der Waals surface area (Å²) in [6.07, 6.45) is -1.71. The summed E-state index contributed by atoms with van der Waals surface area (Å²) in [4.78, 5) is 65.9. The number of amides is 4. The zero-order valence-corrected chi connectivity index (χ0v) is 32.1. The molecule has 53 heavy (non-hydrogen) atoms. The molecule has 8 rings (SSSR count). The number of hydrogen-bond donors (Lipinski definition) is 1. The fourth-order valence-electron chi connectivity index (χ4n) is 9.27. The number of nitrogens with zero attached hydrogens (tertiary/aromatic N) is 4. The van der Waals surface area contributed by atoms with Gasteiger partial charge in [0.2, 0.25) is 17.7 Å². The maximum Gasteiger partial charge on any atom is 0.522 e. The summed E-state index contributed by atoms with van der Waals surface area (Å²) >= 11 is 1.31. The highest BCUT2D eigenvalue weighted by Crippen LogP contribution is 2.55. The van der Waals surface area contributed by atoms with Crippen molar-refractivity contribution in [3.8, 4) is 0 Å². The van der Waals surface area contributed by atoms with Crippen LogP contribution in [0.1, 0.15) is 86.1 Å². The average Bonchev–Trinajstić information content (AvgIpc) is 3.38. The molecule has 294 valence electrons. The lowest BCUT2D eigenvalue weighted by Crippen LogP contribution is -2.65. The molecule has 12 nitrogen and oxygen atoms in total. The summed E-state index contributed by atoms with van der Waals surface area (Å²) < 4.78 is 55.4. The fraction of sp³-hybridized carbons (Fsp3) is 0.811. The number of aromatic nitrogens is 1. The zero-order chi connectivity index (χ0) is 38.1. The molecule has 1 N–H and O–H groups in total. The normalized spacial score (nSPS) is 30.3. The van der Waals surface area contributed by atoms with Gasteiger partial charge in [0.15, 0.2) is 0 Å². The summed E-state index contributed by atoms with van der Waals surface area (Å²) in [5.74, 6) is -1.79. The summed E-state index contributed by atoms with van der Waals surface area (Å²) in [5.41, 5.74) is -0.312. The third-order valence-electron chi connectivity index (χ3n) is 12.8. The fourth-order valence-corrected chi connectivity index (χ4v) is 10.2. The number of likely N-dealkylation sites (tertiary alicyclic amines) is 3. The van der Waals surface area contributed by atoms with Crippen molar-refractivity contribution in [2.24, 2.45) is 28.1 Å². The molecule has 0 radical (unpaired) electrons. The number of carbonyl (C=O) groups is 4. The lowest BCUT2D eigenvalue weighted by Gasteiger charge is -2.50. The van der Waals surface area contributed by atoms with Crippen LogP contribution in [0, 0.1) is 41.9 Å². The molecule has 1 aromatic heterocycles. The Morgan fingerprint density at radius 1 is 1.00 bits per heavy atom. The van der Waals surface area contributed by atoms with Crippen molar-refractivity contribution in [3.63, 3.8) is 0 Å². The van der Waals surface area contributed by atoms with Crippen LogP contribution in [0.4, 0.5) is 13.2 Å². The number of ether oxygens (including phenoxy) is 3. The molecule has 16 heteroatoms. The Labute approximate surface area is 312 Å². The molecule has 4 amide bonds. The maximum atomic E-state index is 14.5. The van der Waals surface area contributed by atoms with E-state index >= 15 is 0 Å². The Hall–Kier alpha value is -2.82. The number of halogens is 3. The predicted octanol–water partition coefficient (Wildman–Crippen LogP) is 4.08. The number of alkyl halides is 3. The monoisotopic (exact) mass is 767 g/mol. The van der Waals surface area contributed by atoms with E-state index in [-0.39, 0.29) is 73.7 Å². The highest BCUT2D eigenvalue weighted by atomic mass is 32.1. The van der Waals surface area contributed by atoms with Gasteiger partial charge in [-0.15, -0.1) is 24.5 Å². The lowest BCUT2D eigenvalue weighted by molar-refractivity contribution is -0.345. The zero-order valence-electron chi connectivity index (χ0n) is 31.3. The number of carbonyl (C=O) groups excluding carboxylic acids is 4. The Morgan fingerprint density at radius 3 is 2.19 bits per heavy atom. The van der Waals surface area contributed by atoms with Crippen molar-refractivity contribution in [3.05, 3.63) is 15.6 Å². The van der Waals surface area contributed by atoms with Crippen LogP contribution in [-0.4, -0.2) is 127 Å². The number of fused-ring (bicyclic) bond motifs is 3. The van der Waals surface area contributed by atoms with Crippen LogP contribution >= 0.6 is 11.3 Å².